The molecule has 3 nitrogen and oxygen atoms in total. The highest BCUT2D eigenvalue weighted by molar-refractivity contribution is 6.30. The van der Waals surface area contributed by atoms with Crippen molar-refractivity contribution in [1.29, 1.82) is 0 Å². The largest absolute Gasteiger partial charge is 0.495 e. The van der Waals surface area contributed by atoms with Crippen molar-refractivity contribution >= 4 is 66.4 Å². The third-order valence-corrected chi connectivity index (χ3v) is 11.2. The van der Waals surface area contributed by atoms with Gasteiger partial charge in [-0.3, -0.25) is 0 Å². The molecule has 0 saturated carbocycles. The maximum Gasteiger partial charge on any atom is 0.142 e. The van der Waals surface area contributed by atoms with Gasteiger partial charge in [0.1, 0.15) is 5.75 Å². The van der Waals surface area contributed by atoms with Crippen LogP contribution in [0.15, 0.2) is 140 Å². The first-order valence-corrected chi connectivity index (χ1v) is 18.0. The smallest absolute Gasteiger partial charge is 0.142 e. The molecule has 51 heavy (non-hydrogen) atoms. The van der Waals surface area contributed by atoms with Crippen LogP contribution in [0.2, 0.25) is 0 Å². The number of methoxy groups -OCH3 is 1. The lowest BCUT2D eigenvalue weighted by atomic mass is 9.70. The van der Waals surface area contributed by atoms with Gasteiger partial charge in [0.05, 0.1) is 24.2 Å². The van der Waals surface area contributed by atoms with E-state index < -0.39 is 0 Å². The predicted molar refractivity (Wildman–Crippen MR) is 217 cm³/mol. The normalized spacial score (nSPS) is 13.6. The Morgan fingerprint density at radius 3 is 1.78 bits per heavy atom. The number of aryl methyl sites for hydroxylation is 3. The van der Waals surface area contributed by atoms with E-state index in [1.54, 1.807) is 7.11 Å². The Morgan fingerprint density at radius 2 is 1.10 bits per heavy atom. The highest BCUT2D eigenvalue weighted by Crippen LogP contribution is 2.54. The molecule has 1 aliphatic rings. The van der Waals surface area contributed by atoms with E-state index >= 15 is 0 Å². The summed E-state index contributed by atoms with van der Waals surface area (Å²) in [4.78, 5) is 4.88. The van der Waals surface area contributed by atoms with Crippen molar-refractivity contribution in [1.82, 2.24) is 0 Å². The Labute approximate surface area is 300 Å². The van der Waals surface area contributed by atoms with E-state index in [4.69, 9.17) is 4.74 Å². The number of rotatable bonds is 7. The van der Waals surface area contributed by atoms with Gasteiger partial charge in [0.2, 0.25) is 0 Å². The topological polar surface area (TPSA) is 15.7 Å². The monoisotopic (exact) mass is 662 g/mol. The standard InChI is InChI=1S/C48H42N2O/c1-31-16-12-13-21-40(31)49(34-17-8-6-9-18-34)43-29-33-26-27-48(3,4)39-30-38-42(28-32(2)36-24-25-37(43)47(45(33)39)46(36)38)50(35-19-10-7-11-20-35)41-22-14-15-23-44(41)51-5/h6-25,28-30H,26-27H2,1-5H3. The van der Waals surface area contributed by atoms with Gasteiger partial charge in [-0.15, -0.1) is 0 Å². The molecule has 3 heteroatoms. The van der Waals surface area contributed by atoms with Gasteiger partial charge >= 0.3 is 0 Å². The molecule has 0 fully saturated rings. The number of benzene rings is 8. The molecule has 0 heterocycles. The van der Waals surface area contributed by atoms with Crippen LogP contribution in [-0.2, 0) is 11.8 Å². The molecule has 0 saturated heterocycles. The number of anilines is 6. The van der Waals surface area contributed by atoms with Crippen molar-refractivity contribution in [2.75, 3.05) is 16.9 Å². The van der Waals surface area contributed by atoms with E-state index in [1.165, 1.54) is 65.9 Å². The highest BCUT2D eigenvalue weighted by Gasteiger charge is 2.33. The van der Waals surface area contributed by atoms with Crippen molar-refractivity contribution in [2.24, 2.45) is 0 Å². The zero-order valence-corrected chi connectivity index (χ0v) is 30.0. The van der Waals surface area contributed by atoms with Crippen LogP contribution in [0.1, 0.15) is 42.5 Å². The quantitative estimate of drug-likeness (QED) is 0.158. The van der Waals surface area contributed by atoms with Crippen LogP contribution in [0.3, 0.4) is 0 Å². The SMILES string of the molecule is COc1ccccc1N(c1ccccc1)c1cc(C)c2ccc3c(N(c4ccccc4)c4ccccc4C)cc4c5c(cc1c2c35)C(C)(C)CC4. The second-order valence-electron chi connectivity index (χ2n) is 14.7. The third kappa shape index (κ3) is 4.86. The molecule has 0 aliphatic heterocycles. The first-order chi connectivity index (χ1) is 24.9. The fraction of sp³-hybridized carbons (Fsp3) is 0.167. The van der Waals surface area contributed by atoms with Crippen molar-refractivity contribution in [2.45, 2.75) is 46.0 Å². The second-order valence-corrected chi connectivity index (χ2v) is 14.7. The molecular formula is C48H42N2O. The molecular weight excluding hydrogens is 621 g/mol. The van der Waals surface area contributed by atoms with Crippen molar-refractivity contribution in [3.05, 3.63) is 162 Å². The average molecular weight is 663 g/mol. The van der Waals surface area contributed by atoms with E-state index in [9.17, 15) is 0 Å². The molecule has 1 aliphatic carbocycles. The summed E-state index contributed by atoms with van der Waals surface area (Å²) >= 11 is 0. The summed E-state index contributed by atoms with van der Waals surface area (Å²) in [5, 5.41) is 7.97. The zero-order chi connectivity index (χ0) is 34.9. The van der Waals surface area contributed by atoms with Gasteiger partial charge < -0.3 is 14.5 Å². The van der Waals surface area contributed by atoms with Crippen LogP contribution >= 0.6 is 0 Å². The molecule has 0 N–H and O–H groups in total. The molecule has 8 aromatic rings. The molecule has 0 unspecified atom stereocenters. The average Bonchev–Trinajstić information content (AvgIpc) is 3.16. The first-order valence-electron chi connectivity index (χ1n) is 18.0. The van der Waals surface area contributed by atoms with E-state index in [2.05, 4.69) is 171 Å². The second kappa shape index (κ2) is 11.9. The summed E-state index contributed by atoms with van der Waals surface area (Å²) in [6, 6.07) is 50.9. The molecule has 9 rings (SSSR count). The van der Waals surface area contributed by atoms with Crippen LogP contribution in [0, 0.1) is 13.8 Å². The van der Waals surface area contributed by atoms with E-state index in [-0.39, 0.29) is 5.41 Å². The van der Waals surface area contributed by atoms with Gasteiger partial charge in [0, 0.05) is 33.2 Å². The summed E-state index contributed by atoms with van der Waals surface area (Å²) in [6.45, 7) is 9.35. The molecule has 0 spiro atoms. The maximum atomic E-state index is 6.02. The summed E-state index contributed by atoms with van der Waals surface area (Å²) in [6.07, 6.45) is 2.13. The van der Waals surface area contributed by atoms with Crippen LogP contribution in [-0.4, -0.2) is 7.11 Å². The minimum atomic E-state index is 0.0145. The van der Waals surface area contributed by atoms with Gasteiger partial charge in [-0.25, -0.2) is 0 Å². The molecule has 0 atom stereocenters. The fourth-order valence-electron chi connectivity index (χ4n) is 8.60. The third-order valence-electron chi connectivity index (χ3n) is 11.2. The van der Waals surface area contributed by atoms with Crippen molar-refractivity contribution < 1.29 is 4.74 Å². The van der Waals surface area contributed by atoms with Gasteiger partial charge in [-0.2, -0.15) is 0 Å². The number of hydrogen-bond acceptors (Lipinski definition) is 3. The van der Waals surface area contributed by atoms with E-state index in [0.29, 0.717) is 0 Å². The Hall–Kier alpha value is -5.80. The Kier molecular flexibility index (Phi) is 7.29. The predicted octanol–water partition coefficient (Wildman–Crippen LogP) is 13.4. The molecule has 0 bridgehead atoms. The fourth-order valence-corrected chi connectivity index (χ4v) is 8.60. The number of hydrogen-bond donors (Lipinski definition) is 0. The molecule has 0 radical (unpaired) electrons. The van der Waals surface area contributed by atoms with Crippen LogP contribution in [0.25, 0.3) is 32.3 Å². The highest BCUT2D eigenvalue weighted by atomic mass is 16.5. The summed E-state index contributed by atoms with van der Waals surface area (Å²) in [5.41, 5.74) is 12.2. The Balaban J connectivity index is 1.45. The van der Waals surface area contributed by atoms with Gasteiger partial charge in [-0.05, 0) is 131 Å². The van der Waals surface area contributed by atoms with Crippen LogP contribution in [0.4, 0.5) is 34.1 Å². The van der Waals surface area contributed by atoms with Crippen LogP contribution in [0.5, 0.6) is 5.75 Å². The van der Waals surface area contributed by atoms with Gasteiger partial charge in [0.25, 0.3) is 0 Å². The summed E-state index contributed by atoms with van der Waals surface area (Å²) in [5.74, 6) is 0.840. The number of para-hydroxylation sites is 5. The molecule has 8 aromatic carbocycles. The first kappa shape index (κ1) is 31.2. The lowest BCUT2D eigenvalue weighted by molar-refractivity contribution is 0.416. The van der Waals surface area contributed by atoms with E-state index in [0.717, 1.165) is 41.3 Å². The van der Waals surface area contributed by atoms with Crippen molar-refractivity contribution in [3.63, 3.8) is 0 Å². The summed E-state index contributed by atoms with van der Waals surface area (Å²) in [7, 11) is 1.76. The van der Waals surface area contributed by atoms with Gasteiger partial charge in [-0.1, -0.05) is 92.7 Å². The van der Waals surface area contributed by atoms with Gasteiger partial charge in [0.15, 0.2) is 0 Å². The lowest BCUT2D eigenvalue weighted by Gasteiger charge is -2.37. The number of nitrogens with zero attached hydrogens (tertiary/aromatic N) is 2. The minimum absolute atomic E-state index is 0.0145. The maximum absolute atomic E-state index is 6.02. The van der Waals surface area contributed by atoms with Crippen molar-refractivity contribution in [3.8, 4) is 5.75 Å². The number of ether oxygens (including phenoxy) is 1. The Morgan fingerprint density at radius 1 is 0.510 bits per heavy atom. The minimum Gasteiger partial charge on any atom is -0.495 e. The Bertz CT molecular complexity index is 2570. The lowest BCUT2D eigenvalue weighted by Crippen LogP contribution is -2.24. The molecule has 0 amide bonds. The zero-order valence-electron chi connectivity index (χ0n) is 30.0. The molecule has 250 valence electrons. The molecule has 0 aromatic heterocycles. The van der Waals surface area contributed by atoms with E-state index in [1.807, 2.05) is 6.07 Å². The summed E-state index contributed by atoms with van der Waals surface area (Å²) < 4.78 is 6.02. The van der Waals surface area contributed by atoms with Crippen LogP contribution < -0.4 is 14.5 Å².